The summed E-state index contributed by atoms with van der Waals surface area (Å²) in [6.45, 7) is 5.01. The zero-order valence-corrected chi connectivity index (χ0v) is 15.3. The highest BCUT2D eigenvalue weighted by Gasteiger charge is 2.12. The average molecular weight is 351 g/mol. The molecule has 26 heavy (non-hydrogen) atoms. The first-order chi connectivity index (χ1) is 12.8. The Morgan fingerprint density at radius 2 is 1.81 bits per heavy atom. The van der Waals surface area contributed by atoms with Gasteiger partial charge >= 0.3 is 0 Å². The van der Waals surface area contributed by atoms with Crippen LogP contribution in [0.1, 0.15) is 12.5 Å². The Balaban J connectivity index is 1.85. The van der Waals surface area contributed by atoms with Crippen LogP contribution in [0.15, 0.2) is 60.8 Å². The second-order valence-corrected chi connectivity index (χ2v) is 5.89. The molecule has 0 saturated carbocycles. The molecule has 0 aliphatic rings. The lowest BCUT2D eigenvalue weighted by atomic mass is 10.1. The first-order valence-corrected chi connectivity index (χ1v) is 8.88. The molecule has 1 N–H and O–H groups in total. The fourth-order valence-electron chi connectivity index (χ4n) is 2.76. The van der Waals surface area contributed by atoms with Gasteiger partial charge in [0.05, 0.1) is 25.1 Å². The van der Waals surface area contributed by atoms with E-state index in [1.807, 2.05) is 54.1 Å². The number of ether oxygens (including phenoxy) is 2. The summed E-state index contributed by atoms with van der Waals surface area (Å²) in [5.74, 6) is 0.840. The highest BCUT2D eigenvalue weighted by atomic mass is 16.5. The lowest BCUT2D eigenvalue weighted by Gasteiger charge is -2.06. The van der Waals surface area contributed by atoms with E-state index in [9.17, 15) is 0 Å². The molecule has 136 valence electrons. The third kappa shape index (κ3) is 4.50. The predicted octanol–water partition coefficient (Wildman–Crippen LogP) is 3.67. The normalized spacial score (nSPS) is 10.8. The lowest BCUT2D eigenvalue weighted by Crippen LogP contribution is -2.19. The molecule has 1 heterocycles. The van der Waals surface area contributed by atoms with Gasteiger partial charge in [-0.05, 0) is 43.3 Å². The van der Waals surface area contributed by atoms with Crippen molar-refractivity contribution in [3.05, 3.63) is 66.4 Å². The molecule has 0 atom stereocenters. The molecule has 0 amide bonds. The van der Waals surface area contributed by atoms with Gasteiger partial charge in [0.2, 0.25) is 0 Å². The fraction of sp³-hybridized carbons (Fsp3) is 0.286. The fourth-order valence-corrected chi connectivity index (χ4v) is 2.76. The minimum absolute atomic E-state index is 0.710. The van der Waals surface area contributed by atoms with Crippen molar-refractivity contribution in [3.8, 4) is 22.7 Å². The molecular weight excluding hydrogens is 326 g/mol. The van der Waals surface area contributed by atoms with Crippen molar-refractivity contribution in [2.24, 2.45) is 0 Å². The van der Waals surface area contributed by atoms with Crippen LogP contribution in [0, 0.1) is 0 Å². The van der Waals surface area contributed by atoms with E-state index in [1.165, 1.54) is 0 Å². The van der Waals surface area contributed by atoms with Crippen molar-refractivity contribution in [1.29, 1.82) is 0 Å². The summed E-state index contributed by atoms with van der Waals surface area (Å²) in [6.07, 6.45) is 2.09. The summed E-state index contributed by atoms with van der Waals surface area (Å²) in [5.41, 5.74) is 4.24. The minimum Gasteiger partial charge on any atom is -0.497 e. The molecule has 0 bridgehead atoms. The van der Waals surface area contributed by atoms with Crippen molar-refractivity contribution in [3.63, 3.8) is 0 Å². The van der Waals surface area contributed by atoms with Crippen molar-refractivity contribution < 1.29 is 9.47 Å². The maximum atomic E-state index is 5.39. The average Bonchev–Trinajstić information content (AvgIpc) is 3.13. The molecule has 5 heteroatoms. The maximum absolute atomic E-state index is 5.39. The number of aromatic nitrogens is 2. The van der Waals surface area contributed by atoms with E-state index < -0.39 is 0 Å². The van der Waals surface area contributed by atoms with Crippen LogP contribution in [0.3, 0.4) is 0 Å². The van der Waals surface area contributed by atoms with Crippen LogP contribution in [0.25, 0.3) is 16.9 Å². The van der Waals surface area contributed by atoms with Gasteiger partial charge in [0.15, 0.2) is 0 Å². The van der Waals surface area contributed by atoms with Crippen LogP contribution in [-0.4, -0.2) is 36.6 Å². The molecule has 0 spiro atoms. The molecule has 2 aromatic carbocycles. The van der Waals surface area contributed by atoms with Gasteiger partial charge in [-0.3, -0.25) is 0 Å². The molecule has 5 nitrogen and oxygen atoms in total. The Labute approximate surface area is 154 Å². The van der Waals surface area contributed by atoms with Gasteiger partial charge in [-0.1, -0.05) is 18.2 Å². The number of hydrogen-bond donors (Lipinski definition) is 1. The van der Waals surface area contributed by atoms with Gasteiger partial charge in [0.25, 0.3) is 0 Å². The van der Waals surface area contributed by atoms with Gasteiger partial charge in [-0.2, -0.15) is 5.10 Å². The van der Waals surface area contributed by atoms with E-state index in [0.717, 1.165) is 48.0 Å². The molecule has 3 rings (SSSR count). The molecule has 0 aliphatic heterocycles. The number of methoxy groups -OCH3 is 1. The Bertz CT molecular complexity index is 798. The summed E-state index contributed by atoms with van der Waals surface area (Å²) in [5, 5.41) is 8.26. The van der Waals surface area contributed by atoms with Gasteiger partial charge in [0, 0.05) is 37.0 Å². The summed E-state index contributed by atoms with van der Waals surface area (Å²) < 4.78 is 12.6. The molecule has 3 aromatic rings. The standard InChI is InChI=1S/C21H25N3O2/c1-3-26-14-13-22-15-18-16-24(19-7-5-4-6-8-19)23-21(18)17-9-11-20(25-2)12-10-17/h4-12,16,22H,3,13-15H2,1-2H3. The number of nitrogens with zero attached hydrogens (tertiary/aromatic N) is 2. The Morgan fingerprint density at radius 1 is 1.04 bits per heavy atom. The third-order valence-electron chi connectivity index (χ3n) is 4.12. The van der Waals surface area contributed by atoms with Gasteiger partial charge < -0.3 is 14.8 Å². The Hall–Kier alpha value is -2.63. The first kappa shape index (κ1) is 18.2. The van der Waals surface area contributed by atoms with Crippen LogP contribution >= 0.6 is 0 Å². The quantitative estimate of drug-likeness (QED) is 0.598. The molecule has 0 unspecified atom stereocenters. The van der Waals surface area contributed by atoms with Crippen LogP contribution in [-0.2, 0) is 11.3 Å². The van der Waals surface area contributed by atoms with Crippen molar-refractivity contribution in [1.82, 2.24) is 15.1 Å². The Morgan fingerprint density at radius 3 is 2.50 bits per heavy atom. The summed E-state index contributed by atoms with van der Waals surface area (Å²) in [7, 11) is 1.67. The van der Waals surface area contributed by atoms with Crippen LogP contribution in [0.2, 0.25) is 0 Å². The zero-order valence-electron chi connectivity index (χ0n) is 15.3. The summed E-state index contributed by atoms with van der Waals surface area (Å²) in [4.78, 5) is 0. The molecule has 0 aliphatic carbocycles. The molecule has 0 radical (unpaired) electrons. The monoisotopic (exact) mass is 351 g/mol. The highest BCUT2D eigenvalue weighted by molar-refractivity contribution is 5.64. The topological polar surface area (TPSA) is 48.3 Å². The summed E-state index contributed by atoms with van der Waals surface area (Å²) in [6, 6.07) is 18.2. The second kappa shape index (κ2) is 9.17. The van der Waals surface area contributed by atoms with Crippen LogP contribution in [0.5, 0.6) is 5.75 Å². The minimum atomic E-state index is 0.710. The van der Waals surface area contributed by atoms with Gasteiger partial charge in [-0.15, -0.1) is 0 Å². The van der Waals surface area contributed by atoms with Crippen molar-refractivity contribution >= 4 is 0 Å². The highest BCUT2D eigenvalue weighted by Crippen LogP contribution is 2.25. The van der Waals surface area contributed by atoms with E-state index in [2.05, 4.69) is 23.6 Å². The van der Waals surface area contributed by atoms with E-state index in [-0.39, 0.29) is 0 Å². The van der Waals surface area contributed by atoms with Crippen molar-refractivity contribution in [2.45, 2.75) is 13.5 Å². The van der Waals surface area contributed by atoms with Crippen LogP contribution in [0.4, 0.5) is 0 Å². The Kier molecular flexibility index (Phi) is 6.41. The summed E-state index contributed by atoms with van der Waals surface area (Å²) >= 11 is 0. The molecule has 0 fully saturated rings. The third-order valence-corrected chi connectivity index (χ3v) is 4.12. The molecule has 0 saturated heterocycles. The number of hydrogen-bond acceptors (Lipinski definition) is 4. The lowest BCUT2D eigenvalue weighted by molar-refractivity contribution is 0.149. The number of nitrogens with one attached hydrogen (secondary N) is 1. The predicted molar refractivity (Wildman–Crippen MR) is 104 cm³/mol. The number of benzene rings is 2. The van der Waals surface area contributed by atoms with E-state index in [0.29, 0.717) is 6.61 Å². The second-order valence-electron chi connectivity index (χ2n) is 5.89. The smallest absolute Gasteiger partial charge is 0.118 e. The van der Waals surface area contributed by atoms with Gasteiger partial charge in [-0.25, -0.2) is 4.68 Å². The number of rotatable bonds is 9. The first-order valence-electron chi connectivity index (χ1n) is 8.88. The van der Waals surface area contributed by atoms with Gasteiger partial charge in [0.1, 0.15) is 5.75 Å². The number of para-hydroxylation sites is 1. The SMILES string of the molecule is CCOCCNCc1cn(-c2ccccc2)nc1-c1ccc(OC)cc1. The largest absolute Gasteiger partial charge is 0.497 e. The van der Waals surface area contributed by atoms with Crippen LogP contribution < -0.4 is 10.1 Å². The zero-order chi connectivity index (χ0) is 18.2. The van der Waals surface area contributed by atoms with E-state index >= 15 is 0 Å². The van der Waals surface area contributed by atoms with E-state index in [1.54, 1.807) is 7.11 Å². The van der Waals surface area contributed by atoms with E-state index in [4.69, 9.17) is 14.6 Å². The maximum Gasteiger partial charge on any atom is 0.118 e. The molecular formula is C21H25N3O2. The molecule has 1 aromatic heterocycles. The van der Waals surface area contributed by atoms with Crippen molar-refractivity contribution in [2.75, 3.05) is 26.9 Å².